The van der Waals surface area contributed by atoms with Gasteiger partial charge in [0.05, 0.1) is 0 Å². The molecule has 1 aliphatic heterocycles. The van der Waals surface area contributed by atoms with Crippen LogP contribution in [-0.4, -0.2) is 24.0 Å². The van der Waals surface area contributed by atoms with Crippen LogP contribution in [0.4, 0.5) is 0 Å². The van der Waals surface area contributed by atoms with Crippen molar-refractivity contribution in [1.82, 2.24) is 4.90 Å². The van der Waals surface area contributed by atoms with E-state index in [4.69, 9.17) is 5.73 Å². The van der Waals surface area contributed by atoms with Gasteiger partial charge in [-0.2, -0.15) is 0 Å². The van der Waals surface area contributed by atoms with Gasteiger partial charge in [0.2, 0.25) is 0 Å². The molecule has 0 saturated carbocycles. The zero-order valence-corrected chi connectivity index (χ0v) is 12.5. The minimum absolute atomic E-state index is 0. The van der Waals surface area contributed by atoms with Crippen LogP contribution < -0.4 is 5.73 Å². The van der Waals surface area contributed by atoms with Crippen LogP contribution in [0.3, 0.4) is 0 Å². The maximum Gasteiger partial charge on any atom is 0.0234 e. The molecule has 2 rings (SSSR count). The van der Waals surface area contributed by atoms with Gasteiger partial charge in [-0.1, -0.05) is 36.2 Å². The van der Waals surface area contributed by atoms with Crippen molar-refractivity contribution in [3.63, 3.8) is 0 Å². The lowest BCUT2D eigenvalue weighted by molar-refractivity contribution is 0.158. The summed E-state index contributed by atoms with van der Waals surface area (Å²) in [4.78, 5) is 2.53. The Morgan fingerprint density at radius 2 is 1.83 bits per heavy atom. The Kier molecular flexibility index (Phi) is 5.64. The van der Waals surface area contributed by atoms with Gasteiger partial charge in [0, 0.05) is 19.1 Å². The van der Waals surface area contributed by atoms with Crippen LogP contribution in [0, 0.1) is 19.8 Å². The minimum atomic E-state index is 0. The van der Waals surface area contributed by atoms with Gasteiger partial charge >= 0.3 is 0 Å². The van der Waals surface area contributed by atoms with E-state index in [0.717, 1.165) is 26.1 Å². The number of hydrogen-bond acceptors (Lipinski definition) is 2. The van der Waals surface area contributed by atoms with Gasteiger partial charge in [-0.25, -0.2) is 0 Å². The maximum atomic E-state index is 6.06. The molecule has 18 heavy (non-hydrogen) atoms. The summed E-state index contributed by atoms with van der Waals surface area (Å²) in [5, 5.41) is 0. The largest absolute Gasteiger partial charge is 0.327 e. The first kappa shape index (κ1) is 15.5. The molecule has 2 nitrogen and oxygen atoms in total. The molecule has 0 aliphatic carbocycles. The number of likely N-dealkylation sites (tertiary alicyclic amines) is 1. The van der Waals surface area contributed by atoms with Crippen molar-refractivity contribution in [3.05, 3.63) is 34.9 Å². The Hall–Kier alpha value is -0.570. The fourth-order valence-electron chi connectivity index (χ4n) is 2.81. The fourth-order valence-corrected chi connectivity index (χ4v) is 2.81. The van der Waals surface area contributed by atoms with Crippen LogP contribution in [0.5, 0.6) is 0 Å². The Bertz CT molecular complexity index is 372. The molecular weight excluding hydrogens is 244 g/mol. The van der Waals surface area contributed by atoms with E-state index in [0.29, 0.717) is 12.0 Å². The van der Waals surface area contributed by atoms with E-state index in [9.17, 15) is 0 Å². The van der Waals surface area contributed by atoms with Crippen LogP contribution in [0.1, 0.15) is 30.0 Å². The van der Waals surface area contributed by atoms with Gasteiger partial charge in [-0.05, 0) is 38.3 Å². The van der Waals surface area contributed by atoms with E-state index in [1.807, 2.05) is 0 Å². The van der Waals surface area contributed by atoms with Crippen molar-refractivity contribution in [2.45, 2.75) is 39.8 Å². The predicted molar refractivity (Wildman–Crippen MR) is 80.2 cm³/mol. The zero-order chi connectivity index (χ0) is 12.4. The molecule has 1 aliphatic rings. The van der Waals surface area contributed by atoms with Gasteiger partial charge in [0.25, 0.3) is 0 Å². The predicted octanol–water partition coefficient (Wildman–Crippen LogP) is 2.89. The van der Waals surface area contributed by atoms with Crippen LogP contribution >= 0.6 is 12.4 Å². The molecule has 2 atom stereocenters. The van der Waals surface area contributed by atoms with Crippen molar-refractivity contribution in [1.29, 1.82) is 0 Å². The topological polar surface area (TPSA) is 29.3 Å². The van der Waals surface area contributed by atoms with Gasteiger partial charge in [0.15, 0.2) is 0 Å². The number of nitrogens with two attached hydrogens (primary N) is 1. The Morgan fingerprint density at radius 3 is 2.39 bits per heavy atom. The first-order valence-electron chi connectivity index (χ1n) is 6.59. The average molecular weight is 269 g/mol. The van der Waals surface area contributed by atoms with Crippen LogP contribution in [0.2, 0.25) is 0 Å². The van der Waals surface area contributed by atoms with Crippen LogP contribution in [0.15, 0.2) is 18.2 Å². The number of aryl methyl sites for hydroxylation is 2. The lowest BCUT2D eigenvalue weighted by Crippen LogP contribution is -2.45. The highest BCUT2D eigenvalue weighted by atomic mass is 35.5. The Labute approximate surface area is 117 Å². The normalized spacial score (nSPS) is 24.7. The lowest BCUT2D eigenvalue weighted by atomic mass is 9.94. The van der Waals surface area contributed by atoms with Gasteiger partial charge in [-0.15, -0.1) is 12.4 Å². The Balaban J connectivity index is 0.00000162. The highest BCUT2D eigenvalue weighted by Crippen LogP contribution is 2.18. The molecular formula is C15H25ClN2. The van der Waals surface area contributed by atoms with Crippen molar-refractivity contribution in [2.24, 2.45) is 11.7 Å². The number of piperidine rings is 1. The summed E-state index contributed by atoms with van der Waals surface area (Å²) in [6.45, 7) is 9.95. The summed E-state index contributed by atoms with van der Waals surface area (Å²) in [5.74, 6) is 0.620. The summed E-state index contributed by atoms with van der Waals surface area (Å²) in [6.07, 6.45) is 1.13. The minimum Gasteiger partial charge on any atom is -0.327 e. The SMILES string of the molecule is Cc1cc(C)cc(CN2CCC(N)C(C)C2)c1.Cl. The number of halogens is 1. The van der Waals surface area contributed by atoms with E-state index in [2.05, 4.69) is 43.9 Å². The monoisotopic (exact) mass is 268 g/mol. The first-order valence-corrected chi connectivity index (χ1v) is 6.59. The number of hydrogen-bond donors (Lipinski definition) is 1. The summed E-state index contributed by atoms with van der Waals surface area (Å²) in [5.41, 5.74) is 10.2. The molecule has 1 aromatic carbocycles. The Morgan fingerprint density at radius 1 is 1.22 bits per heavy atom. The smallest absolute Gasteiger partial charge is 0.0234 e. The standard InChI is InChI=1S/C15H24N2.ClH/c1-11-6-12(2)8-14(7-11)10-17-5-4-15(16)13(3)9-17;/h6-8,13,15H,4-5,9-10,16H2,1-3H3;1H. The molecule has 102 valence electrons. The molecule has 1 saturated heterocycles. The van der Waals surface area contributed by atoms with Crippen LogP contribution in [0.25, 0.3) is 0 Å². The second kappa shape index (κ2) is 6.55. The van der Waals surface area contributed by atoms with E-state index in [1.54, 1.807) is 0 Å². The van der Waals surface area contributed by atoms with Crippen molar-refractivity contribution in [3.8, 4) is 0 Å². The number of nitrogens with zero attached hydrogens (tertiary/aromatic N) is 1. The summed E-state index contributed by atoms with van der Waals surface area (Å²) < 4.78 is 0. The molecule has 3 heteroatoms. The van der Waals surface area contributed by atoms with Crippen molar-refractivity contribution < 1.29 is 0 Å². The highest BCUT2D eigenvalue weighted by Gasteiger charge is 2.22. The summed E-state index contributed by atoms with van der Waals surface area (Å²) in [7, 11) is 0. The van der Waals surface area contributed by atoms with E-state index in [-0.39, 0.29) is 12.4 Å². The molecule has 0 spiro atoms. The van der Waals surface area contributed by atoms with Gasteiger partial charge in [0.1, 0.15) is 0 Å². The van der Waals surface area contributed by atoms with Crippen molar-refractivity contribution in [2.75, 3.05) is 13.1 Å². The summed E-state index contributed by atoms with van der Waals surface area (Å²) in [6, 6.07) is 7.22. The van der Waals surface area contributed by atoms with E-state index in [1.165, 1.54) is 16.7 Å². The fraction of sp³-hybridized carbons (Fsp3) is 0.600. The third-order valence-corrected chi connectivity index (χ3v) is 3.74. The lowest BCUT2D eigenvalue weighted by Gasteiger charge is -2.35. The van der Waals surface area contributed by atoms with Gasteiger partial charge in [-0.3, -0.25) is 4.90 Å². The second-order valence-corrected chi connectivity index (χ2v) is 5.66. The first-order chi connectivity index (χ1) is 8.04. The molecule has 1 heterocycles. The molecule has 0 aromatic heterocycles. The third-order valence-electron chi connectivity index (χ3n) is 3.74. The second-order valence-electron chi connectivity index (χ2n) is 5.66. The average Bonchev–Trinajstić information content (AvgIpc) is 2.22. The molecule has 2 unspecified atom stereocenters. The quantitative estimate of drug-likeness (QED) is 0.894. The number of benzene rings is 1. The van der Waals surface area contributed by atoms with Crippen molar-refractivity contribution >= 4 is 12.4 Å². The molecule has 0 radical (unpaired) electrons. The molecule has 0 bridgehead atoms. The highest BCUT2D eigenvalue weighted by molar-refractivity contribution is 5.85. The van der Waals surface area contributed by atoms with E-state index >= 15 is 0 Å². The number of rotatable bonds is 2. The molecule has 2 N–H and O–H groups in total. The molecule has 0 amide bonds. The summed E-state index contributed by atoms with van der Waals surface area (Å²) >= 11 is 0. The molecule has 1 fully saturated rings. The molecule has 1 aromatic rings. The van der Waals surface area contributed by atoms with Gasteiger partial charge < -0.3 is 5.73 Å². The maximum absolute atomic E-state index is 6.06. The van der Waals surface area contributed by atoms with E-state index < -0.39 is 0 Å². The van der Waals surface area contributed by atoms with Crippen LogP contribution in [-0.2, 0) is 6.54 Å². The zero-order valence-electron chi connectivity index (χ0n) is 11.6. The third kappa shape index (κ3) is 3.98.